The summed E-state index contributed by atoms with van der Waals surface area (Å²) in [6.07, 6.45) is -0.361. The van der Waals surface area contributed by atoms with Crippen molar-refractivity contribution in [2.75, 3.05) is 14.2 Å². The summed E-state index contributed by atoms with van der Waals surface area (Å²) in [4.78, 5) is 0. The minimum absolute atomic E-state index is 0.361. The molecule has 0 bridgehead atoms. The Morgan fingerprint density at radius 1 is 1.00 bits per heavy atom. The van der Waals surface area contributed by atoms with Crippen LogP contribution in [0.3, 0.4) is 0 Å². The summed E-state index contributed by atoms with van der Waals surface area (Å²) in [5, 5.41) is -0.484. The summed E-state index contributed by atoms with van der Waals surface area (Å²) in [6, 6.07) is 1.14. The molecule has 0 saturated carbocycles. The Bertz CT molecular complexity index is 399. The molecule has 7 heteroatoms. The minimum atomic E-state index is -3.71. The molecule has 0 spiro atoms. The average molecular weight is 280 g/mol. The van der Waals surface area contributed by atoms with Gasteiger partial charge in [-0.15, -0.1) is 0 Å². The third-order valence-corrected chi connectivity index (χ3v) is 5.19. The number of benzene rings is 1. The predicted octanol–water partition coefficient (Wildman–Crippen LogP) is 1.97. The molecule has 0 heterocycles. The topological polar surface area (TPSA) is 27.7 Å². The highest BCUT2D eigenvalue weighted by molar-refractivity contribution is 6.75. The largest absolute Gasteiger partial charge is 0.542 e. The van der Waals surface area contributed by atoms with E-state index >= 15 is 0 Å². The lowest BCUT2D eigenvalue weighted by atomic mass is 10.3. The van der Waals surface area contributed by atoms with Gasteiger partial charge in [0.25, 0.3) is 0 Å². The number of halogens is 3. The smallest absolute Gasteiger partial charge is 0.373 e. The van der Waals surface area contributed by atoms with Gasteiger partial charge in [-0.2, -0.15) is 0 Å². The molecular weight excluding hydrogens is 265 g/mol. The van der Waals surface area contributed by atoms with Crippen LogP contribution in [0, 0.1) is 17.5 Å². The summed E-state index contributed by atoms with van der Waals surface area (Å²) in [6.45, 7) is 3.36. The van der Waals surface area contributed by atoms with Crippen LogP contribution < -0.4 is 5.19 Å². The second kappa shape index (κ2) is 5.83. The lowest BCUT2D eigenvalue weighted by Gasteiger charge is -2.29. The lowest BCUT2D eigenvalue weighted by molar-refractivity contribution is 0.0824. The molecule has 0 atom stereocenters. The summed E-state index contributed by atoms with van der Waals surface area (Å²) in [5.41, 5.74) is 0. The van der Waals surface area contributed by atoms with Crippen molar-refractivity contribution >= 4 is 14.0 Å². The van der Waals surface area contributed by atoms with Gasteiger partial charge in [-0.25, -0.2) is 13.2 Å². The molecule has 0 amide bonds. The molecule has 18 heavy (non-hydrogen) atoms. The Balaban J connectivity index is 3.38. The Hall–Kier alpha value is -0.893. The van der Waals surface area contributed by atoms with E-state index < -0.39 is 31.4 Å². The van der Waals surface area contributed by atoms with Crippen LogP contribution in [0.2, 0.25) is 0 Å². The van der Waals surface area contributed by atoms with E-state index in [2.05, 4.69) is 0 Å². The maximum absolute atomic E-state index is 13.7. The second-order valence-corrected chi connectivity index (χ2v) is 6.54. The van der Waals surface area contributed by atoms with Gasteiger partial charge in [-0.3, -0.25) is 0 Å². The van der Waals surface area contributed by atoms with Crippen LogP contribution >= 0.6 is 0 Å². The van der Waals surface area contributed by atoms with Gasteiger partial charge in [0.2, 0.25) is 0 Å². The molecule has 0 radical (unpaired) electrons. The highest BCUT2D eigenvalue weighted by Gasteiger charge is 2.48. The molecule has 0 unspecified atom stereocenters. The van der Waals surface area contributed by atoms with Gasteiger partial charge in [0.15, 0.2) is 0 Å². The first-order valence-corrected chi connectivity index (χ1v) is 7.02. The van der Waals surface area contributed by atoms with E-state index in [-0.39, 0.29) is 6.10 Å². The van der Waals surface area contributed by atoms with Gasteiger partial charge in [-0.1, -0.05) is 0 Å². The van der Waals surface area contributed by atoms with Gasteiger partial charge in [-0.05, 0) is 13.8 Å². The zero-order valence-electron chi connectivity index (χ0n) is 10.6. The van der Waals surface area contributed by atoms with Gasteiger partial charge < -0.3 is 13.3 Å². The van der Waals surface area contributed by atoms with Crippen LogP contribution in [0.25, 0.3) is 0 Å². The van der Waals surface area contributed by atoms with E-state index in [0.29, 0.717) is 12.1 Å². The van der Waals surface area contributed by atoms with Crippen molar-refractivity contribution in [1.29, 1.82) is 0 Å². The molecule has 0 N–H and O–H groups in total. The molecule has 0 fully saturated rings. The fraction of sp³-hybridized carbons (Fsp3) is 0.455. The maximum atomic E-state index is 13.7. The maximum Gasteiger partial charge on any atom is 0.542 e. The van der Waals surface area contributed by atoms with Crippen molar-refractivity contribution in [1.82, 2.24) is 0 Å². The van der Waals surface area contributed by atoms with E-state index in [4.69, 9.17) is 13.3 Å². The first-order valence-electron chi connectivity index (χ1n) is 5.29. The Morgan fingerprint density at radius 2 is 1.44 bits per heavy atom. The molecule has 1 aromatic carbocycles. The zero-order valence-corrected chi connectivity index (χ0v) is 11.6. The summed E-state index contributed by atoms with van der Waals surface area (Å²) in [5.74, 6) is -3.17. The van der Waals surface area contributed by atoms with E-state index in [1.807, 2.05) is 0 Å². The molecule has 0 aromatic heterocycles. The summed E-state index contributed by atoms with van der Waals surface area (Å²) >= 11 is 0. The average Bonchev–Trinajstić information content (AvgIpc) is 2.25. The monoisotopic (exact) mass is 280 g/mol. The van der Waals surface area contributed by atoms with Gasteiger partial charge in [0.05, 0.1) is 5.19 Å². The van der Waals surface area contributed by atoms with Gasteiger partial charge in [0, 0.05) is 32.5 Å². The Morgan fingerprint density at radius 3 is 1.78 bits per heavy atom. The molecule has 0 aliphatic rings. The Labute approximate surface area is 105 Å². The van der Waals surface area contributed by atoms with Crippen molar-refractivity contribution in [3.63, 3.8) is 0 Å². The first kappa shape index (κ1) is 15.2. The van der Waals surface area contributed by atoms with Crippen LogP contribution in [0.15, 0.2) is 12.1 Å². The zero-order chi connectivity index (χ0) is 13.9. The molecule has 1 rings (SSSR count). The van der Waals surface area contributed by atoms with E-state index in [1.54, 1.807) is 13.8 Å². The van der Waals surface area contributed by atoms with Crippen molar-refractivity contribution < 1.29 is 26.4 Å². The minimum Gasteiger partial charge on any atom is -0.373 e. The third kappa shape index (κ3) is 2.92. The molecule has 0 aliphatic carbocycles. The van der Waals surface area contributed by atoms with Crippen LogP contribution in [0.1, 0.15) is 13.8 Å². The second-order valence-electron chi connectivity index (χ2n) is 3.88. The highest BCUT2D eigenvalue weighted by atomic mass is 28.4. The fourth-order valence-electron chi connectivity index (χ4n) is 1.59. The standard InChI is InChI=1S/C11H15F3O3Si/c1-7(2)17-18(15-3,16-4)11-9(13)5-8(12)6-10(11)14/h5-7H,1-4H3. The van der Waals surface area contributed by atoms with Gasteiger partial charge in [0.1, 0.15) is 17.5 Å². The van der Waals surface area contributed by atoms with E-state index in [9.17, 15) is 13.2 Å². The van der Waals surface area contributed by atoms with Crippen molar-refractivity contribution in [3.05, 3.63) is 29.6 Å². The normalized spacial score (nSPS) is 12.2. The number of hydrogen-bond acceptors (Lipinski definition) is 3. The number of hydrogen-bond donors (Lipinski definition) is 0. The predicted molar refractivity (Wildman–Crippen MR) is 61.9 cm³/mol. The van der Waals surface area contributed by atoms with Crippen LogP contribution in [-0.4, -0.2) is 29.1 Å². The lowest BCUT2D eigenvalue weighted by Crippen LogP contribution is -2.59. The van der Waals surface area contributed by atoms with Crippen LogP contribution in [-0.2, 0) is 13.3 Å². The first-order chi connectivity index (χ1) is 8.36. The molecule has 102 valence electrons. The fourth-order valence-corrected chi connectivity index (χ4v) is 3.82. The van der Waals surface area contributed by atoms with E-state index in [0.717, 1.165) is 0 Å². The molecule has 0 saturated heterocycles. The third-order valence-electron chi connectivity index (χ3n) is 2.24. The highest BCUT2D eigenvalue weighted by Crippen LogP contribution is 2.16. The summed E-state index contributed by atoms with van der Waals surface area (Å²) in [7, 11) is -1.24. The molecule has 0 aliphatic heterocycles. The quantitative estimate of drug-likeness (QED) is 0.772. The van der Waals surface area contributed by atoms with Crippen LogP contribution in [0.5, 0.6) is 0 Å². The summed E-state index contributed by atoms with van der Waals surface area (Å²) < 4.78 is 55.9. The number of rotatable bonds is 5. The van der Waals surface area contributed by atoms with Gasteiger partial charge >= 0.3 is 8.80 Å². The molecular formula is C11H15F3O3Si. The molecule has 1 aromatic rings. The van der Waals surface area contributed by atoms with Crippen molar-refractivity contribution in [2.45, 2.75) is 20.0 Å². The SMILES string of the molecule is CO[Si](OC)(OC(C)C)c1c(F)cc(F)cc1F. The molecule has 3 nitrogen and oxygen atoms in total. The Kier molecular flexibility index (Phi) is 4.91. The van der Waals surface area contributed by atoms with E-state index in [1.165, 1.54) is 14.2 Å². The van der Waals surface area contributed by atoms with Crippen molar-refractivity contribution in [2.24, 2.45) is 0 Å². The van der Waals surface area contributed by atoms with Crippen LogP contribution in [0.4, 0.5) is 13.2 Å². The van der Waals surface area contributed by atoms with Crippen molar-refractivity contribution in [3.8, 4) is 0 Å².